The second kappa shape index (κ2) is 4.81. The molecule has 0 saturated heterocycles. The minimum absolute atomic E-state index is 0.360. The molecule has 0 saturated carbocycles. The lowest BCUT2D eigenvalue weighted by Crippen LogP contribution is -2.04. The van der Waals surface area contributed by atoms with E-state index in [1.165, 1.54) is 4.88 Å². The molecule has 0 aliphatic carbocycles. The van der Waals surface area contributed by atoms with Gasteiger partial charge < -0.3 is 5.32 Å². The number of rotatable bonds is 3. The summed E-state index contributed by atoms with van der Waals surface area (Å²) in [6.45, 7) is 2.17. The molecule has 1 unspecified atom stereocenters. The van der Waals surface area contributed by atoms with Gasteiger partial charge in [-0.25, -0.2) is 0 Å². The Morgan fingerprint density at radius 1 is 1.27 bits per heavy atom. The van der Waals surface area contributed by atoms with E-state index in [1.807, 2.05) is 12.1 Å². The molecule has 0 fully saturated rings. The van der Waals surface area contributed by atoms with E-state index in [4.69, 9.17) is 0 Å². The SMILES string of the molecule is CC(Nc1cccc(Br)c1)c1cccs1. The van der Waals surface area contributed by atoms with E-state index in [2.05, 4.69) is 57.8 Å². The molecule has 15 heavy (non-hydrogen) atoms. The Balaban J connectivity index is 2.09. The molecule has 0 aliphatic rings. The first-order chi connectivity index (χ1) is 7.25. The lowest BCUT2D eigenvalue weighted by molar-refractivity contribution is 0.908. The van der Waals surface area contributed by atoms with E-state index in [9.17, 15) is 0 Å². The maximum absolute atomic E-state index is 3.47. The Kier molecular flexibility index (Phi) is 3.44. The highest BCUT2D eigenvalue weighted by molar-refractivity contribution is 9.10. The molecule has 2 aromatic rings. The molecule has 1 N–H and O–H groups in total. The Morgan fingerprint density at radius 3 is 2.80 bits per heavy atom. The largest absolute Gasteiger partial charge is 0.378 e. The summed E-state index contributed by atoms with van der Waals surface area (Å²) >= 11 is 5.24. The van der Waals surface area contributed by atoms with Gasteiger partial charge in [0.2, 0.25) is 0 Å². The van der Waals surface area contributed by atoms with Gasteiger partial charge in [-0.1, -0.05) is 28.1 Å². The minimum Gasteiger partial charge on any atom is -0.378 e. The van der Waals surface area contributed by atoms with Crippen LogP contribution in [0.2, 0.25) is 0 Å². The minimum atomic E-state index is 0.360. The fraction of sp³-hybridized carbons (Fsp3) is 0.167. The van der Waals surface area contributed by atoms with Crippen molar-refractivity contribution < 1.29 is 0 Å². The molecular weight excluding hydrogens is 270 g/mol. The number of hydrogen-bond acceptors (Lipinski definition) is 2. The zero-order valence-corrected chi connectivity index (χ0v) is 10.8. The smallest absolute Gasteiger partial charge is 0.0578 e. The molecule has 0 aliphatic heterocycles. The zero-order valence-electron chi connectivity index (χ0n) is 8.41. The van der Waals surface area contributed by atoms with E-state index < -0.39 is 0 Å². The number of halogens is 1. The summed E-state index contributed by atoms with van der Waals surface area (Å²) < 4.78 is 1.10. The molecule has 0 spiro atoms. The number of thiophene rings is 1. The summed E-state index contributed by atoms with van der Waals surface area (Å²) in [5.41, 5.74) is 1.14. The van der Waals surface area contributed by atoms with Crippen molar-refractivity contribution in [3.8, 4) is 0 Å². The second-order valence-corrected chi connectivity index (χ2v) is 5.29. The van der Waals surface area contributed by atoms with Crippen molar-refractivity contribution in [3.63, 3.8) is 0 Å². The van der Waals surface area contributed by atoms with Gasteiger partial charge >= 0.3 is 0 Å². The van der Waals surface area contributed by atoms with Crippen LogP contribution in [0.1, 0.15) is 17.8 Å². The van der Waals surface area contributed by atoms with Crippen LogP contribution in [-0.4, -0.2) is 0 Å². The molecule has 0 bridgehead atoms. The average Bonchev–Trinajstić information content (AvgIpc) is 2.70. The fourth-order valence-electron chi connectivity index (χ4n) is 1.44. The van der Waals surface area contributed by atoms with Crippen LogP contribution in [-0.2, 0) is 0 Å². The molecule has 1 aromatic carbocycles. The van der Waals surface area contributed by atoms with Gasteiger partial charge in [0, 0.05) is 15.0 Å². The maximum Gasteiger partial charge on any atom is 0.0578 e. The summed E-state index contributed by atoms with van der Waals surface area (Å²) in [5, 5.41) is 5.57. The van der Waals surface area contributed by atoms with Crippen molar-refractivity contribution in [2.24, 2.45) is 0 Å². The van der Waals surface area contributed by atoms with Crippen LogP contribution in [0.5, 0.6) is 0 Å². The van der Waals surface area contributed by atoms with Gasteiger partial charge in [0.15, 0.2) is 0 Å². The summed E-state index contributed by atoms with van der Waals surface area (Å²) in [4.78, 5) is 1.36. The Morgan fingerprint density at radius 2 is 2.13 bits per heavy atom. The van der Waals surface area contributed by atoms with E-state index in [0.29, 0.717) is 6.04 Å². The third kappa shape index (κ3) is 2.83. The molecule has 0 radical (unpaired) electrons. The maximum atomic E-state index is 3.47. The van der Waals surface area contributed by atoms with Crippen LogP contribution in [0.3, 0.4) is 0 Å². The fourth-order valence-corrected chi connectivity index (χ4v) is 2.57. The van der Waals surface area contributed by atoms with Crippen LogP contribution in [0.15, 0.2) is 46.3 Å². The molecule has 1 heterocycles. The van der Waals surface area contributed by atoms with Crippen molar-refractivity contribution in [2.75, 3.05) is 5.32 Å². The topological polar surface area (TPSA) is 12.0 Å². The van der Waals surface area contributed by atoms with Crippen molar-refractivity contribution in [3.05, 3.63) is 51.1 Å². The molecular formula is C12H12BrNS. The lowest BCUT2D eigenvalue weighted by Gasteiger charge is -2.13. The highest BCUT2D eigenvalue weighted by Crippen LogP contribution is 2.24. The number of benzene rings is 1. The first-order valence-electron chi connectivity index (χ1n) is 4.81. The average molecular weight is 282 g/mol. The molecule has 2 rings (SSSR count). The molecule has 0 amide bonds. The normalized spacial score (nSPS) is 12.4. The predicted octanol–water partition coefficient (Wildman–Crippen LogP) is 4.68. The van der Waals surface area contributed by atoms with E-state index >= 15 is 0 Å². The summed E-state index contributed by atoms with van der Waals surface area (Å²) in [5.74, 6) is 0. The van der Waals surface area contributed by atoms with E-state index in [-0.39, 0.29) is 0 Å². The first-order valence-corrected chi connectivity index (χ1v) is 6.48. The van der Waals surface area contributed by atoms with Gasteiger partial charge in [-0.15, -0.1) is 11.3 Å². The Hall–Kier alpha value is -0.800. The summed E-state index contributed by atoms with van der Waals surface area (Å²) in [6.07, 6.45) is 0. The van der Waals surface area contributed by atoms with Gasteiger partial charge in [-0.3, -0.25) is 0 Å². The quantitative estimate of drug-likeness (QED) is 0.861. The summed E-state index contributed by atoms with van der Waals surface area (Å²) in [7, 11) is 0. The van der Waals surface area contributed by atoms with Gasteiger partial charge in [-0.05, 0) is 36.6 Å². The van der Waals surface area contributed by atoms with Crippen LogP contribution in [0.4, 0.5) is 5.69 Å². The lowest BCUT2D eigenvalue weighted by atomic mass is 10.2. The summed E-state index contributed by atoms with van der Waals surface area (Å²) in [6, 6.07) is 12.8. The Labute approximate surface area is 102 Å². The van der Waals surface area contributed by atoms with E-state index in [1.54, 1.807) is 11.3 Å². The molecule has 3 heteroatoms. The molecule has 1 aromatic heterocycles. The van der Waals surface area contributed by atoms with Crippen LogP contribution in [0, 0.1) is 0 Å². The first kappa shape index (κ1) is 10.7. The van der Waals surface area contributed by atoms with Crippen molar-refractivity contribution in [1.29, 1.82) is 0 Å². The van der Waals surface area contributed by atoms with Crippen molar-refractivity contribution >= 4 is 33.0 Å². The monoisotopic (exact) mass is 281 g/mol. The molecule has 1 atom stereocenters. The van der Waals surface area contributed by atoms with Crippen LogP contribution >= 0.6 is 27.3 Å². The highest BCUT2D eigenvalue weighted by Gasteiger charge is 2.05. The predicted molar refractivity (Wildman–Crippen MR) is 70.5 cm³/mol. The zero-order chi connectivity index (χ0) is 10.7. The van der Waals surface area contributed by atoms with Gasteiger partial charge in [0.1, 0.15) is 0 Å². The Bertz CT molecular complexity index is 425. The van der Waals surface area contributed by atoms with Gasteiger partial charge in [-0.2, -0.15) is 0 Å². The van der Waals surface area contributed by atoms with Crippen LogP contribution < -0.4 is 5.32 Å². The van der Waals surface area contributed by atoms with Gasteiger partial charge in [0.05, 0.1) is 6.04 Å². The molecule has 1 nitrogen and oxygen atoms in total. The van der Waals surface area contributed by atoms with Gasteiger partial charge in [0.25, 0.3) is 0 Å². The van der Waals surface area contributed by atoms with E-state index in [0.717, 1.165) is 10.2 Å². The third-order valence-electron chi connectivity index (χ3n) is 2.18. The number of anilines is 1. The van der Waals surface area contributed by atoms with Crippen LogP contribution in [0.25, 0.3) is 0 Å². The standard InChI is InChI=1S/C12H12BrNS/c1-9(12-6-3-7-15-12)14-11-5-2-4-10(13)8-11/h2-9,14H,1H3. The number of nitrogens with one attached hydrogen (secondary N) is 1. The van der Waals surface area contributed by atoms with Crippen molar-refractivity contribution in [2.45, 2.75) is 13.0 Å². The number of hydrogen-bond donors (Lipinski definition) is 1. The second-order valence-electron chi connectivity index (χ2n) is 3.39. The highest BCUT2D eigenvalue weighted by atomic mass is 79.9. The van der Waals surface area contributed by atoms with Crippen molar-refractivity contribution in [1.82, 2.24) is 0 Å². The molecule has 78 valence electrons. The third-order valence-corrected chi connectivity index (χ3v) is 3.73.